The van der Waals surface area contributed by atoms with Crippen LogP contribution in [0.2, 0.25) is 0 Å². The Labute approximate surface area is 176 Å². The molecule has 0 fully saturated rings. The normalized spacial score (nSPS) is 11.4. The lowest BCUT2D eigenvalue weighted by Crippen LogP contribution is -2.13. The van der Waals surface area contributed by atoms with Crippen molar-refractivity contribution >= 4 is 27.6 Å². The highest BCUT2D eigenvalue weighted by atomic mass is 19.1. The van der Waals surface area contributed by atoms with Crippen molar-refractivity contribution in [1.29, 1.82) is 0 Å². The molecule has 0 aliphatic carbocycles. The summed E-state index contributed by atoms with van der Waals surface area (Å²) in [7, 11) is 0. The third-order valence-corrected chi connectivity index (χ3v) is 5.17. The molecule has 7 nitrogen and oxygen atoms in total. The van der Waals surface area contributed by atoms with Gasteiger partial charge in [-0.2, -0.15) is 0 Å². The summed E-state index contributed by atoms with van der Waals surface area (Å²) in [6, 6.07) is 16.0. The van der Waals surface area contributed by atoms with E-state index < -0.39 is 11.4 Å². The van der Waals surface area contributed by atoms with Gasteiger partial charge in [0.25, 0.3) is 5.56 Å². The molecule has 154 valence electrons. The van der Waals surface area contributed by atoms with Gasteiger partial charge in [-0.25, -0.2) is 9.37 Å². The molecule has 0 unspecified atom stereocenters. The molecule has 5 rings (SSSR count). The van der Waals surface area contributed by atoms with Gasteiger partial charge in [0.05, 0.1) is 33.3 Å². The molecule has 0 spiro atoms. The molecule has 0 aliphatic rings. The van der Waals surface area contributed by atoms with Crippen LogP contribution >= 0.6 is 0 Å². The van der Waals surface area contributed by atoms with Gasteiger partial charge in [-0.1, -0.05) is 18.2 Å². The van der Waals surface area contributed by atoms with Gasteiger partial charge in [-0.3, -0.25) is 9.78 Å². The molecule has 0 atom stereocenters. The topological polar surface area (TPSA) is 112 Å². The number of pyridine rings is 2. The summed E-state index contributed by atoms with van der Waals surface area (Å²) < 4.78 is 14.3. The zero-order valence-corrected chi connectivity index (χ0v) is 16.4. The van der Waals surface area contributed by atoms with Crippen LogP contribution in [-0.4, -0.2) is 19.9 Å². The van der Waals surface area contributed by atoms with E-state index in [2.05, 4.69) is 25.3 Å². The molecule has 31 heavy (non-hydrogen) atoms. The standard InChI is InChI=1S/C23H19FN6O/c24-15-5-3-6-17-19(15)21(25)20(23(31)30-17)22-28-16-8-7-13(10-18(16)29-22)11-26-12-14-4-1-2-9-27-14/h1-10,26H,11-12H2,(H,28,29)(H3,25,30,31). The van der Waals surface area contributed by atoms with Crippen LogP contribution < -0.4 is 16.6 Å². The summed E-state index contributed by atoms with van der Waals surface area (Å²) in [5, 5.41) is 3.53. The first-order valence-electron chi connectivity index (χ1n) is 9.80. The number of imidazole rings is 1. The molecule has 3 heterocycles. The predicted molar refractivity (Wildman–Crippen MR) is 119 cm³/mol. The summed E-state index contributed by atoms with van der Waals surface area (Å²) in [4.78, 5) is 27.3. The first kappa shape index (κ1) is 19.0. The number of nitrogens with zero attached hydrogens (tertiary/aromatic N) is 2. The molecule has 0 radical (unpaired) electrons. The molecule has 5 N–H and O–H groups in total. The van der Waals surface area contributed by atoms with E-state index in [9.17, 15) is 9.18 Å². The number of hydrogen-bond acceptors (Lipinski definition) is 5. The van der Waals surface area contributed by atoms with Gasteiger partial charge < -0.3 is 21.0 Å². The monoisotopic (exact) mass is 414 g/mol. The van der Waals surface area contributed by atoms with Crippen LogP contribution in [0, 0.1) is 5.82 Å². The number of nitrogens with two attached hydrogens (primary N) is 1. The van der Waals surface area contributed by atoms with E-state index in [1.807, 2.05) is 36.4 Å². The molecule has 0 amide bonds. The van der Waals surface area contributed by atoms with Crippen molar-refractivity contribution < 1.29 is 4.39 Å². The van der Waals surface area contributed by atoms with Crippen molar-refractivity contribution in [2.75, 3.05) is 5.73 Å². The smallest absolute Gasteiger partial charge is 0.261 e. The summed E-state index contributed by atoms with van der Waals surface area (Å²) >= 11 is 0. The molecular formula is C23H19FN6O. The van der Waals surface area contributed by atoms with Crippen LogP contribution in [0.3, 0.4) is 0 Å². The second-order valence-electron chi connectivity index (χ2n) is 7.27. The van der Waals surface area contributed by atoms with Gasteiger partial charge in [0.1, 0.15) is 17.2 Å². The quantitative estimate of drug-likeness (QED) is 0.352. The molecule has 0 bridgehead atoms. The van der Waals surface area contributed by atoms with E-state index in [-0.39, 0.29) is 16.6 Å². The summed E-state index contributed by atoms with van der Waals surface area (Å²) in [6.07, 6.45) is 1.77. The van der Waals surface area contributed by atoms with Crippen molar-refractivity contribution in [3.63, 3.8) is 0 Å². The summed E-state index contributed by atoms with van der Waals surface area (Å²) in [6.45, 7) is 1.30. The first-order valence-corrected chi connectivity index (χ1v) is 9.80. The fraction of sp³-hybridized carbons (Fsp3) is 0.0870. The average molecular weight is 414 g/mol. The number of anilines is 1. The number of benzene rings is 2. The van der Waals surface area contributed by atoms with Crippen LogP contribution in [0.4, 0.5) is 10.1 Å². The van der Waals surface area contributed by atoms with Crippen molar-refractivity contribution in [2.45, 2.75) is 13.1 Å². The number of fused-ring (bicyclic) bond motifs is 2. The molecule has 3 aromatic heterocycles. The zero-order chi connectivity index (χ0) is 21.4. The fourth-order valence-corrected chi connectivity index (χ4v) is 3.69. The van der Waals surface area contributed by atoms with E-state index in [1.54, 1.807) is 12.3 Å². The minimum Gasteiger partial charge on any atom is -0.397 e. The molecule has 8 heteroatoms. The van der Waals surface area contributed by atoms with Gasteiger partial charge in [0, 0.05) is 19.3 Å². The number of aromatic amines is 2. The number of halogens is 1. The molecule has 0 aliphatic heterocycles. The molecule has 2 aromatic carbocycles. The lowest BCUT2D eigenvalue weighted by atomic mass is 10.1. The van der Waals surface area contributed by atoms with Crippen molar-refractivity contribution in [2.24, 2.45) is 0 Å². The Bertz CT molecular complexity index is 1460. The van der Waals surface area contributed by atoms with E-state index in [4.69, 9.17) is 5.73 Å². The van der Waals surface area contributed by atoms with Crippen molar-refractivity contribution in [1.82, 2.24) is 25.3 Å². The van der Waals surface area contributed by atoms with Gasteiger partial charge in [-0.05, 0) is 42.0 Å². The third-order valence-electron chi connectivity index (χ3n) is 5.17. The van der Waals surface area contributed by atoms with Gasteiger partial charge in [0.15, 0.2) is 0 Å². The second-order valence-corrected chi connectivity index (χ2v) is 7.27. The molecule has 5 aromatic rings. The van der Waals surface area contributed by atoms with Crippen LogP contribution in [0.15, 0.2) is 65.6 Å². The average Bonchev–Trinajstić information content (AvgIpc) is 3.17. The minimum absolute atomic E-state index is 0.0631. The molecular weight excluding hydrogens is 395 g/mol. The van der Waals surface area contributed by atoms with Gasteiger partial charge in [0.2, 0.25) is 0 Å². The largest absolute Gasteiger partial charge is 0.397 e. The number of hydrogen-bond donors (Lipinski definition) is 4. The predicted octanol–water partition coefficient (Wildman–Crippen LogP) is 3.48. The maximum Gasteiger partial charge on any atom is 0.261 e. The Hall–Kier alpha value is -4.04. The third kappa shape index (κ3) is 3.53. The van der Waals surface area contributed by atoms with E-state index in [1.165, 1.54) is 12.1 Å². The summed E-state index contributed by atoms with van der Waals surface area (Å²) in [5.41, 5.74) is 9.77. The Morgan fingerprint density at radius 2 is 1.90 bits per heavy atom. The second kappa shape index (κ2) is 7.66. The van der Waals surface area contributed by atoms with Crippen LogP contribution in [0.25, 0.3) is 33.3 Å². The van der Waals surface area contributed by atoms with Gasteiger partial charge >= 0.3 is 0 Å². The Kier molecular flexibility index (Phi) is 4.68. The maximum atomic E-state index is 14.3. The van der Waals surface area contributed by atoms with Gasteiger partial charge in [-0.15, -0.1) is 0 Å². The van der Waals surface area contributed by atoms with E-state index >= 15 is 0 Å². The highest BCUT2D eigenvalue weighted by Crippen LogP contribution is 2.29. The Balaban J connectivity index is 1.47. The lowest BCUT2D eigenvalue weighted by Gasteiger charge is -2.07. The Morgan fingerprint density at radius 3 is 2.74 bits per heavy atom. The highest BCUT2D eigenvalue weighted by Gasteiger charge is 2.18. The zero-order valence-electron chi connectivity index (χ0n) is 16.4. The van der Waals surface area contributed by atoms with E-state index in [0.717, 1.165) is 16.8 Å². The molecule has 0 saturated heterocycles. The first-order chi connectivity index (χ1) is 15.1. The fourth-order valence-electron chi connectivity index (χ4n) is 3.69. The minimum atomic E-state index is -0.495. The molecule has 0 saturated carbocycles. The lowest BCUT2D eigenvalue weighted by molar-refractivity contribution is 0.640. The summed E-state index contributed by atoms with van der Waals surface area (Å²) in [5.74, 6) is -0.192. The number of rotatable bonds is 5. The number of nitrogens with one attached hydrogen (secondary N) is 3. The van der Waals surface area contributed by atoms with Crippen molar-refractivity contribution in [3.8, 4) is 11.4 Å². The maximum absolute atomic E-state index is 14.3. The van der Waals surface area contributed by atoms with Crippen LogP contribution in [0.1, 0.15) is 11.3 Å². The van der Waals surface area contributed by atoms with Crippen LogP contribution in [-0.2, 0) is 13.1 Å². The number of aromatic nitrogens is 4. The highest BCUT2D eigenvalue weighted by molar-refractivity contribution is 5.98. The van der Waals surface area contributed by atoms with Crippen LogP contribution in [0.5, 0.6) is 0 Å². The van der Waals surface area contributed by atoms with Crippen molar-refractivity contribution in [3.05, 3.63) is 88.2 Å². The number of nitrogen functional groups attached to an aromatic ring is 1. The number of H-pyrrole nitrogens is 2. The van der Waals surface area contributed by atoms with E-state index in [0.29, 0.717) is 29.9 Å². The SMILES string of the molecule is Nc1c(-c2nc3ccc(CNCc4ccccn4)cc3[nH]2)c(=O)[nH]c2cccc(F)c12. The Morgan fingerprint density at radius 1 is 1.00 bits per heavy atom.